The topological polar surface area (TPSA) is 37.9 Å². The molecule has 0 atom stereocenters. The number of H-pyrrole nitrogens is 1. The van der Waals surface area contributed by atoms with Crippen LogP contribution in [0.3, 0.4) is 0 Å². The third-order valence-electron chi connectivity index (χ3n) is 4.36. The first-order chi connectivity index (χ1) is 11.2. The molecule has 4 rings (SSSR count). The van der Waals surface area contributed by atoms with E-state index in [-0.39, 0.29) is 0 Å². The lowest BCUT2D eigenvalue weighted by molar-refractivity contribution is 0.415. The molecular formula is C20H18N2O. The summed E-state index contributed by atoms with van der Waals surface area (Å²) in [5.74, 6) is 0.848. The van der Waals surface area contributed by atoms with Crippen LogP contribution in [0.1, 0.15) is 11.3 Å². The minimum Gasteiger partial charge on any atom is -0.497 e. The van der Waals surface area contributed by atoms with Crippen LogP contribution >= 0.6 is 0 Å². The number of aryl methyl sites for hydroxylation is 2. The van der Waals surface area contributed by atoms with Crippen LogP contribution < -0.4 is 4.74 Å². The Morgan fingerprint density at radius 3 is 2.65 bits per heavy atom. The van der Waals surface area contributed by atoms with E-state index in [1.54, 1.807) is 7.11 Å². The van der Waals surface area contributed by atoms with E-state index in [0.29, 0.717) is 0 Å². The number of fused-ring (bicyclic) bond motifs is 2. The first kappa shape index (κ1) is 13.8. The number of aromatic nitrogens is 2. The molecular weight excluding hydrogens is 284 g/mol. The molecule has 0 aliphatic heterocycles. The summed E-state index contributed by atoms with van der Waals surface area (Å²) in [6.45, 7) is 4.25. The first-order valence-corrected chi connectivity index (χ1v) is 7.69. The normalized spacial score (nSPS) is 11.3. The Bertz CT molecular complexity index is 1030. The van der Waals surface area contributed by atoms with Crippen molar-refractivity contribution < 1.29 is 4.74 Å². The molecule has 2 heterocycles. The number of aromatic amines is 1. The van der Waals surface area contributed by atoms with Crippen LogP contribution in [-0.4, -0.2) is 17.1 Å². The van der Waals surface area contributed by atoms with Crippen LogP contribution in [0.2, 0.25) is 0 Å². The second-order valence-corrected chi connectivity index (χ2v) is 5.92. The number of benzene rings is 2. The van der Waals surface area contributed by atoms with E-state index < -0.39 is 0 Å². The van der Waals surface area contributed by atoms with Crippen molar-refractivity contribution in [2.75, 3.05) is 7.11 Å². The molecule has 0 spiro atoms. The van der Waals surface area contributed by atoms with E-state index in [0.717, 1.165) is 22.2 Å². The molecule has 3 nitrogen and oxygen atoms in total. The lowest BCUT2D eigenvalue weighted by Crippen LogP contribution is -1.88. The summed E-state index contributed by atoms with van der Waals surface area (Å²) < 4.78 is 5.40. The summed E-state index contributed by atoms with van der Waals surface area (Å²) in [5, 5.41) is 2.36. The van der Waals surface area contributed by atoms with E-state index in [4.69, 9.17) is 4.74 Å². The Balaban J connectivity index is 2.10. The van der Waals surface area contributed by atoms with E-state index >= 15 is 0 Å². The molecule has 23 heavy (non-hydrogen) atoms. The molecule has 0 saturated carbocycles. The number of nitrogens with zero attached hydrogens (tertiary/aromatic N) is 1. The van der Waals surface area contributed by atoms with Crippen molar-refractivity contribution in [1.82, 2.24) is 9.97 Å². The molecule has 2 aromatic carbocycles. The Morgan fingerprint density at radius 1 is 0.957 bits per heavy atom. The highest BCUT2D eigenvalue weighted by atomic mass is 16.5. The van der Waals surface area contributed by atoms with Gasteiger partial charge in [0.1, 0.15) is 5.75 Å². The monoisotopic (exact) mass is 302 g/mol. The average molecular weight is 302 g/mol. The van der Waals surface area contributed by atoms with Crippen molar-refractivity contribution >= 4 is 21.8 Å². The van der Waals surface area contributed by atoms with Crippen molar-refractivity contribution in [2.45, 2.75) is 13.8 Å². The zero-order chi connectivity index (χ0) is 16.0. The van der Waals surface area contributed by atoms with E-state index in [9.17, 15) is 0 Å². The Hall–Kier alpha value is -2.81. The third-order valence-corrected chi connectivity index (χ3v) is 4.36. The zero-order valence-electron chi connectivity index (χ0n) is 13.5. The van der Waals surface area contributed by atoms with Crippen LogP contribution in [0.4, 0.5) is 0 Å². The number of rotatable bonds is 2. The Labute approximate surface area is 134 Å². The second-order valence-electron chi connectivity index (χ2n) is 5.92. The van der Waals surface area contributed by atoms with Crippen LogP contribution in [-0.2, 0) is 0 Å². The van der Waals surface area contributed by atoms with Crippen molar-refractivity contribution in [3.05, 3.63) is 59.9 Å². The second kappa shape index (κ2) is 5.13. The average Bonchev–Trinajstić information content (AvgIpc) is 2.89. The molecule has 0 fully saturated rings. The van der Waals surface area contributed by atoms with E-state index in [1.165, 1.54) is 27.8 Å². The number of hydrogen-bond donors (Lipinski definition) is 1. The summed E-state index contributed by atoms with van der Waals surface area (Å²) in [5.41, 5.74) is 6.99. The van der Waals surface area contributed by atoms with Crippen LogP contribution in [0.25, 0.3) is 32.9 Å². The van der Waals surface area contributed by atoms with Crippen LogP contribution in [0, 0.1) is 13.8 Å². The van der Waals surface area contributed by atoms with Gasteiger partial charge in [0, 0.05) is 33.7 Å². The highest BCUT2D eigenvalue weighted by molar-refractivity contribution is 6.05. The first-order valence-electron chi connectivity index (χ1n) is 7.69. The summed E-state index contributed by atoms with van der Waals surface area (Å²) in [6, 6.07) is 14.6. The molecule has 2 aromatic heterocycles. The van der Waals surface area contributed by atoms with Crippen molar-refractivity contribution in [1.29, 1.82) is 0 Å². The molecule has 0 amide bonds. The molecule has 0 saturated heterocycles. The number of methoxy groups -OCH3 is 1. The zero-order valence-corrected chi connectivity index (χ0v) is 13.5. The predicted molar refractivity (Wildman–Crippen MR) is 95.1 cm³/mol. The van der Waals surface area contributed by atoms with E-state index in [1.807, 2.05) is 18.3 Å². The molecule has 3 heteroatoms. The van der Waals surface area contributed by atoms with Gasteiger partial charge in [-0.2, -0.15) is 0 Å². The van der Waals surface area contributed by atoms with Crippen LogP contribution in [0.5, 0.6) is 5.75 Å². The third kappa shape index (κ3) is 2.16. The lowest BCUT2D eigenvalue weighted by Gasteiger charge is -2.09. The van der Waals surface area contributed by atoms with Gasteiger partial charge in [0.2, 0.25) is 0 Å². The van der Waals surface area contributed by atoms with Gasteiger partial charge in [-0.25, -0.2) is 0 Å². The molecule has 1 N–H and O–H groups in total. The molecule has 0 bridgehead atoms. The van der Waals surface area contributed by atoms with Gasteiger partial charge in [-0.15, -0.1) is 0 Å². The maximum atomic E-state index is 5.40. The molecule has 0 aliphatic carbocycles. The van der Waals surface area contributed by atoms with Crippen LogP contribution in [0.15, 0.2) is 48.7 Å². The fourth-order valence-electron chi connectivity index (χ4n) is 3.26. The lowest BCUT2D eigenvalue weighted by atomic mass is 9.98. The fourth-order valence-corrected chi connectivity index (χ4v) is 3.26. The van der Waals surface area contributed by atoms with Gasteiger partial charge < -0.3 is 9.72 Å². The quantitative estimate of drug-likeness (QED) is 0.565. The molecule has 0 unspecified atom stereocenters. The Kier molecular flexibility index (Phi) is 3.08. The summed E-state index contributed by atoms with van der Waals surface area (Å²) in [6.07, 6.45) is 1.87. The summed E-state index contributed by atoms with van der Waals surface area (Å²) >= 11 is 0. The van der Waals surface area contributed by atoms with Crippen molar-refractivity contribution in [3.8, 4) is 16.9 Å². The highest BCUT2D eigenvalue weighted by Gasteiger charge is 2.14. The largest absolute Gasteiger partial charge is 0.497 e. The van der Waals surface area contributed by atoms with Crippen molar-refractivity contribution in [2.24, 2.45) is 0 Å². The van der Waals surface area contributed by atoms with Crippen molar-refractivity contribution in [3.63, 3.8) is 0 Å². The number of hydrogen-bond acceptors (Lipinski definition) is 2. The summed E-state index contributed by atoms with van der Waals surface area (Å²) in [7, 11) is 1.69. The molecule has 114 valence electrons. The Morgan fingerprint density at radius 2 is 1.83 bits per heavy atom. The van der Waals surface area contributed by atoms with Gasteiger partial charge in [0.05, 0.1) is 12.6 Å². The van der Waals surface area contributed by atoms with Gasteiger partial charge in [-0.1, -0.05) is 11.6 Å². The number of nitrogens with one attached hydrogen (secondary N) is 1. The number of pyridine rings is 1. The van der Waals surface area contributed by atoms with Gasteiger partial charge in [0.25, 0.3) is 0 Å². The van der Waals surface area contributed by atoms with Gasteiger partial charge in [0.15, 0.2) is 0 Å². The minimum atomic E-state index is 0.848. The summed E-state index contributed by atoms with van der Waals surface area (Å²) in [4.78, 5) is 7.98. The van der Waals surface area contributed by atoms with Gasteiger partial charge in [-0.05, 0) is 55.8 Å². The number of ether oxygens (including phenoxy) is 1. The predicted octanol–water partition coefficient (Wildman–Crippen LogP) is 5.01. The maximum Gasteiger partial charge on any atom is 0.119 e. The fraction of sp³-hybridized carbons (Fsp3) is 0.150. The maximum absolute atomic E-state index is 5.40. The molecule has 4 aromatic rings. The molecule has 0 radical (unpaired) electrons. The SMILES string of the molecule is COc1ccc2nccc(-c3c(C)[nH]c4ccc(C)cc34)c2c1. The standard InChI is InChI=1S/C20H18N2O/c1-12-4-6-19-17(10-12)20(13(2)22-19)15-8-9-21-18-7-5-14(23-3)11-16(15)18/h4-11,22H,1-3H3. The molecule has 0 aliphatic rings. The highest BCUT2D eigenvalue weighted by Crippen LogP contribution is 2.37. The minimum absolute atomic E-state index is 0.848. The van der Waals surface area contributed by atoms with E-state index in [2.05, 4.69) is 54.1 Å². The van der Waals surface area contributed by atoms with Gasteiger partial charge >= 0.3 is 0 Å². The smallest absolute Gasteiger partial charge is 0.119 e. The van der Waals surface area contributed by atoms with Gasteiger partial charge in [-0.3, -0.25) is 4.98 Å².